The molecule has 5 nitrogen and oxygen atoms in total. The fourth-order valence-corrected chi connectivity index (χ4v) is 3.35. The second-order valence-electron chi connectivity index (χ2n) is 8.46. The predicted molar refractivity (Wildman–Crippen MR) is 115 cm³/mol. The molecule has 0 aliphatic heterocycles. The molecule has 0 bridgehead atoms. The highest BCUT2D eigenvalue weighted by atomic mass is 16.2. The number of carbonyl (C=O) groups is 2. The number of amides is 2. The van der Waals surface area contributed by atoms with Gasteiger partial charge in [-0.3, -0.25) is 14.6 Å². The van der Waals surface area contributed by atoms with Crippen LogP contribution in [0.25, 0.3) is 0 Å². The highest BCUT2D eigenvalue weighted by Gasteiger charge is 2.27. The third kappa shape index (κ3) is 9.73. The maximum Gasteiger partial charge on any atom is 0.242 e. The van der Waals surface area contributed by atoms with Crippen molar-refractivity contribution in [2.75, 3.05) is 7.05 Å². The highest BCUT2D eigenvalue weighted by Crippen LogP contribution is 2.18. The SMILES string of the molecule is CC=CCC(C)CC(N=C(C)C(C(C)C)N(C)C(=O)CCC(C)C)C(N)=O. The Morgan fingerprint density at radius 3 is 2.19 bits per heavy atom. The van der Waals surface area contributed by atoms with Crippen molar-refractivity contribution < 1.29 is 9.59 Å². The number of rotatable bonds is 12. The molecular formula is C22H41N3O2. The zero-order valence-electron chi connectivity index (χ0n) is 18.7. The molecule has 0 spiro atoms. The van der Waals surface area contributed by atoms with Gasteiger partial charge in [-0.25, -0.2) is 0 Å². The summed E-state index contributed by atoms with van der Waals surface area (Å²) in [7, 11) is 1.83. The summed E-state index contributed by atoms with van der Waals surface area (Å²) in [5.41, 5.74) is 6.41. The van der Waals surface area contributed by atoms with Gasteiger partial charge in [0.05, 0.1) is 6.04 Å². The molecule has 3 atom stereocenters. The lowest BCUT2D eigenvalue weighted by atomic mass is 9.95. The van der Waals surface area contributed by atoms with Crippen LogP contribution in [0.15, 0.2) is 17.1 Å². The van der Waals surface area contributed by atoms with Gasteiger partial charge >= 0.3 is 0 Å². The molecule has 3 unspecified atom stereocenters. The van der Waals surface area contributed by atoms with Crippen molar-refractivity contribution in [3.8, 4) is 0 Å². The lowest BCUT2D eigenvalue weighted by molar-refractivity contribution is -0.131. The Kier molecular flexibility index (Phi) is 11.9. The first-order valence-electron chi connectivity index (χ1n) is 10.2. The molecule has 0 aliphatic carbocycles. The van der Waals surface area contributed by atoms with E-state index in [1.807, 2.05) is 27.0 Å². The molecule has 0 aliphatic rings. The van der Waals surface area contributed by atoms with E-state index in [1.165, 1.54) is 0 Å². The summed E-state index contributed by atoms with van der Waals surface area (Å²) in [6, 6.07) is -0.678. The van der Waals surface area contributed by atoms with Crippen LogP contribution in [0.3, 0.4) is 0 Å². The van der Waals surface area contributed by atoms with E-state index in [0.717, 1.165) is 18.6 Å². The molecule has 5 heteroatoms. The Morgan fingerprint density at radius 2 is 1.74 bits per heavy atom. The minimum absolute atomic E-state index is 0.119. The van der Waals surface area contributed by atoms with Gasteiger partial charge in [-0.05, 0) is 50.9 Å². The Bertz CT molecular complexity index is 524. The van der Waals surface area contributed by atoms with Crippen LogP contribution in [0.5, 0.6) is 0 Å². The van der Waals surface area contributed by atoms with Crippen molar-refractivity contribution in [3.05, 3.63) is 12.2 Å². The number of primary amides is 1. The molecule has 0 aromatic carbocycles. The van der Waals surface area contributed by atoms with E-state index in [2.05, 4.69) is 45.7 Å². The van der Waals surface area contributed by atoms with E-state index >= 15 is 0 Å². The van der Waals surface area contributed by atoms with E-state index in [-0.39, 0.29) is 17.9 Å². The van der Waals surface area contributed by atoms with E-state index in [4.69, 9.17) is 5.73 Å². The minimum atomic E-state index is -0.550. The molecule has 0 fully saturated rings. The van der Waals surface area contributed by atoms with Gasteiger partial charge in [-0.2, -0.15) is 0 Å². The molecule has 0 saturated carbocycles. The third-order valence-electron chi connectivity index (χ3n) is 4.89. The number of carbonyl (C=O) groups excluding carboxylic acids is 2. The number of nitrogens with zero attached hydrogens (tertiary/aromatic N) is 2. The predicted octanol–water partition coefficient (Wildman–Crippen LogP) is 4.21. The van der Waals surface area contributed by atoms with Crippen LogP contribution in [0.2, 0.25) is 0 Å². The van der Waals surface area contributed by atoms with Crippen molar-refractivity contribution >= 4 is 17.5 Å². The lowest BCUT2D eigenvalue weighted by Gasteiger charge is -2.32. The quantitative estimate of drug-likeness (QED) is 0.407. The van der Waals surface area contributed by atoms with E-state index < -0.39 is 11.9 Å². The fraction of sp³-hybridized carbons (Fsp3) is 0.773. The van der Waals surface area contributed by atoms with Gasteiger partial charge in [0.15, 0.2) is 0 Å². The number of hydrogen-bond acceptors (Lipinski definition) is 3. The Morgan fingerprint density at radius 1 is 1.15 bits per heavy atom. The van der Waals surface area contributed by atoms with Gasteiger partial charge in [0.2, 0.25) is 11.8 Å². The van der Waals surface area contributed by atoms with E-state index in [9.17, 15) is 9.59 Å². The van der Waals surface area contributed by atoms with E-state index in [0.29, 0.717) is 24.7 Å². The average Bonchev–Trinajstić information content (AvgIpc) is 2.56. The molecule has 156 valence electrons. The van der Waals surface area contributed by atoms with Crippen LogP contribution in [0.4, 0.5) is 0 Å². The monoisotopic (exact) mass is 379 g/mol. The molecular weight excluding hydrogens is 338 g/mol. The largest absolute Gasteiger partial charge is 0.368 e. The van der Waals surface area contributed by atoms with Gasteiger partial charge in [-0.1, -0.05) is 46.8 Å². The van der Waals surface area contributed by atoms with Gasteiger partial charge in [0.1, 0.15) is 6.04 Å². The number of hydrogen-bond donors (Lipinski definition) is 1. The van der Waals surface area contributed by atoms with Crippen LogP contribution >= 0.6 is 0 Å². The van der Waals surface area contributed by atoms with Crippen LogP contribution in [-0.2, 0) is 9.59 Å². The van der Waals surface area contributed by atoms with Crippen molar-refractivity contribution in [1.82, 2.24) is 4.90 Å². The first-order chi connectivity index (χ1) is 12.5. The first-order valence-corrected chi connectivity index (χ1v) is 10.2. The normalized spacial score (nSPS) is 16.0. The highest BCUT2D eigenvalue weighted by molar-refractivity contribution is 5.93. The minimum Gasteiger partial charge on any atom is -0.368 e. The first kappa shape index (κ1) is 25.4. The molecule has 0 radical (unpaired) electrons. The lowest BCUT2D eigenvalue weighted by Crippen LogP contribution is -2.45. The van der Waals surface area contributed by atoms with Crippen LogP contribution < -0.4 is 5.73 Å². The van der Waals surface area contributed by atoms with Gasteiger partial charge in [0.25, 0.3) is 0 Å². The number of nitrogens with two attached hydrogens (primary N) is 1. The van der Waals surface area contributed by atoms with Crippen molar-refractivity contribution in [3.63, 3.8) is 0 Å². The zero-order chi connectivity index (χ0) is 21.1. The van der Waals surface area contributed by atoms with Gasteiger partial charge in [0, 0.05) is 19.2 Å². The summed E-state index contributed by atoms with van der Waals surface area (Å²) in [6.07, 6.45) is 7.03. The van der Waals surface area contributed by atoms with E-state index in [1.54, 1.807) is 4.90 Å². The smallest absolute Gasteiger partial charge is 0.242 e. The molecule has 27 heavy (non-hydrogen) atoms. The molecule has 2 amide bonds. The summed E-state index contributed by atoms with van der Waals surface area (Å²) in [5.74, 6) is 0.730. The van der Waals surface area contributed by atoms with Gasteiger partial charge in [-0.15, -0.1) is 0 Å². The average molecular weight is 380 g/mol. The third-order valence-corrected chi connectivity index (χ3v) is 4.89. The van der Waals surface area contributed by atoms with Crippen LogP contribution in [0, 0.1) is 17.8 Å². The molecule has 0 heterocycles. The molecule has 0 aromatic rings. The van der Waals surface area contributed by atoms with Crippen LogP contribution in [0.1, 0.15) is 74.1 Å². The topological polar surface area (TPSA) is 75.8 Å². The molecule has 0 saturated heterocycles. The standard InChI is InChI=1S/C22H41N3O2/c1-9-10-11-17(6)14-19(22(23)27)24-18(7)21(16(4)5)25(8)20(26)13-12-15(2)3/h9-10,15-17,19,21H,11-14H2,1-8H3,(H2,23,27). The summed E-state index contributed by atoms with van der Waals surface area (Å²) in [4.78, 5) is 31.0. The van der Waals surface area contributed by atoms with Crippen molar-refractivity contribution in [2.45, 2.75) is 86.2 Å². The summed E-state index contributed by atoms with van der Waals surface area (Å²) in [5, 5.41) is 0. The summed E-state index contributed by atoms with van der Waals surface area (Å²) >= 11 is 0. The second kappa shape index (κ2) is 12.7. The fourth-order valence-electron chi connectivity index (χ4n) is 3.35. The van der Waals surface area contributed by atoms with Crippen molar-refractivity contribution in [2.24, 2.45) is 28.5 Å². The number of allylic oxidation sites excluding steroid dienone is 2. The van der Waals surface area contributed by atoms with Crippen molar-refractivity contribution in [1.29, 1.82) is 0 Å². The Balaban J connectivity index is 5.35. The van der Waals surface area contributed by atoms with Gasteiger partial charge < -0.3 is 10.6 Å². The maximum absolute atomic E-state index is 12.6. The molecule has 0 rings (SSSR count). The second-order valence-corrected chi connectivity index (χ2v) is 8.46. The zero-order valence-corrected chi connectivity index (χ0v) is 18.7. The molecule has 0 aromatic heterocycles. The Labute approximate surface area is 166 Å². The Hall–Kier alpha value is -1.65. The molecule has 2 N–H and O–H groups in total. The maximum atomic E-state index is 12.6. The van der Waals surface area contributed by atoms with Crippen LogP contribution in [-0.4, -0.2) is 41.6 Å². The number of aliphatic imine (C=N–C) groups is 1. The summed E-state index contributed by atoms with van der Waals surface area (Å²) < 4.78 is 0. The summed E-state index contributed by atoms with van der Waals surface area (Å²) in [6.45, 7) is 14.4.